The zero-order valence-electron chi connectivity index (χ0n) is 13.4. The van der Waals surface area contributed by atoms with Crippen molar-refractivity contribution in [3.63, 3.8) is 0 Å². The number of nitrogens with one attached hydrogen (secondary N) is 2. The van der Waals surface area contributed by atoms with Gasteiger partial charge in [0.1, 0.15) is 11.5 Å². The number of hydrogen-bond donors (Lipinski definition) is 2. The van der Waals surface area contributed by atoms with E-state index >= 15 is 0 Å². The number of amides is 1. The number of ether oxygens (including phenoxy) is 2. The van der Waals surface area contributed by atoms with Crippen LogP contribution in [0, 0.1) is 5.92 Å². The third kappa shape index (κ3) is 5.22. The number of hydrogen-bond acceptors (Lipinski definition) is 4. The van der Waals surface area contributed by atoms with Crippen molar-refractivity contribution in [2.75, 3.05) is 26.7 Å². The van der Waals surface area contributed by atoms with Gasteiger partial charge in [0.05, 0.1) is 7.11 Å². The van der Waals surface area contributed by atoms with Crippen molar-refractivity contribution in [3.05, 3.63) is 24.3 Å². The van der Waals surface area contributed by atoms with Gasteiger partial charge in [0, 0.05) is 6.54 Å². The van der Waals surface area contributed by atoms with Gasteiger partial charge >= 0.3 is 0 Å². The highest BCUT2D eigenvalue weighted by atomic mass is 16.5. The zero-order valence-corrected chi connectivity index (χ0v) is 13.4. The lowest BCUT2D eigenvalue weighted by molar-refractivity contribution is -0.127. The quantitative estimate of drug-likeness (QED) is 0.808. The van der Waals surface area contributed by atoms with E-state index in [-0.39, 0.29) is 5.91 Å². The molecule has 2 rings (SSSR count). The maximum atomic E-state index is 12.0. The highest BCUT2D eigenvalue weighted by Gasteiger charge is 2.16. The smallest absolute Gasteiger partial charge is 0.260 e. The molecule has 0 aliphatic carbocycles. The van der Waals surface area contributed by atoms with Gasteiger partial charge in [0.25, 0.3) is 5.91 Å². The Morgan fingerprint density at radius 2 is 2.09 bits per heavy atom. The normalized spacial score (nSPS) is 19.3. The Morgan fingerprint density at radius 3 is 2.73 bits per heavy atom. The molecule has 1 aliphatic heterocycles. The second-order valence-electron chi connectivity index (χ2n) is 5.73. The summed E-state index contributed by atoms with van der Waals surface area (Å²) in [5.41, 5.74) is 0. The van der Waals surface area contributed by atoms with Gasteiger partial charge < -0.3 is 20.1 Å². The van der Waals surface area contributed by atoms with Crippen LogP contribution in [-0.4, -0.2) is 38.8 Å². The van der Waals surface area contributed by atoms with E-state index in [1.807, 2.05) is 12.1 Å². The Kier molecular flexibility index (Phi) is 6.52. The van der Waals surface area contributed by atoms with Crippen LogP contribution in [0.5, 0.6) is 11.5 Å². The van der Waals surface area contributed by atoms with Crippen molar-refractivity contribution in [1.82, 2.24) is 10.6 Å². The van der Waals surface area contributed by atoms with E-state index in [0.717, 1.165) is 25.3 Å². The highest BCUT2D eigenvalue weighted by molar-refractivity contribution is 5.80. The predicted molar refractivity (Wildman–Crippen MR) is 86.3 cm³/mol. The topological polar surface area (TPSA) is 59.6 Å². The van der Waals surface area contributed by atoms with Crippen molar-refractivity contribution >= 4 is 5.91 Å². The van der Waals surface area contributed by atoms with Crippen LogP contribution in [0.2, 0.25) is 0 Å². The Bertz CT molecular complexity index is 455. The molecule has 1 aromatic carbocycles. The van der Waals surface area contributed by atoms with Gasteiger partial charge in [-0.1, -0.05) is 0 Å². The van der Waals surface area contributed by atoms with E-state index in [9.17, 15) is 4.79 Å². The van der Waals surface area contributed by atoms with Crippen LogP contribution < -0.4 is 20.1 Å². The summed E-state index contributed by atoms with van der Waals surface area (Å²) in [6.07, 6.45) is 3.00. The first-order valence-corrected chi connectivity index (χ1v) is 7.98. The number of methoxy groups -OCH3 is 1. The number of carbonyl (C=O) groups excluding carboxylic acids is 1. The van der Waals surface area contributed by atoms with Crippen molar-refractivity contribution in [2.24, 2.45) is 5.92 Å². The first kappa shape index (κ1) is 16.6. The fourth-order valence-corrected chi connectivity index (χ4v) is 2.63. The average Bonchev–Trinajstić information content (AvgIpc) is 2.56. The molecule has 1 fully saturated rings. The lowest BCUT2D eigenvalue weighted by atomic mass is 9.96. The van der Waals surface area contributed by atoms with E-state index in [1.165, 1.54) is 12.8 Å². The highest BCUT2D eigenvalue weighted by Crippen LogP contribution is 2.18. The SMILES string of the molecule is COc1ccc(OC(C)C(=O)NCCC2CCCNC2)cc1. The van der Waals surface area contributed by atoms with E-state index < -0.39 is 6.10 Å². The van der Waals surface area contributed by atoms with E-state index in [1.54, 1.807) is 26.2 Å². The van der Waals surface area contributed by atoms with Gasteiger partial charge in [-0.15, -0.1) is 0 Å². The van der Waals surface area contributed by atoms with Crippen LogP contribution in [-0.2, 0) is 4.79 Å². The standard InChI is InChI=1S/C17H26N2O3/c1-13(22-16-7-5-15(21-2)6-8-16)17(20)19-11-9-14-4-3-10-18-12-14/h5-8,13-14,18H,3-4,9-12H2,1-2H3,(H,19,20). The van der Waals surface area contributed by atoms with Crippen molar-refractivity contribution in [3.8, 4) is 11.5 Å². The molecule has 0 saturated carbocycles. The first-order chi connectivity index (χ1) is 10.7. The minimum Gasteiger partial charge on any atom is -0.497 e. The molecule has 0 bridgehead atoms. The molecule has 1 heterocycles. The Morgan fingerprint density at radius 1 is 1.36 bits per heavy atom. The lowest BCUT2D eigenvalue weighted by Gasteiger charge is -2.23. The second-order valence-corrected chi connectivity index (χ2v) is 5.73. The Labute approximate surface area is 132 Å². The summed E-state index contributed by atoms with van der Waals surface area (Å²) in [7, 11) is 1.62. The largest absolute Gasteiger partial charge is 0.497 e. The Balaban J connectivity index is 1.69. The van der Waals surface area contributed by atoms with E-state index in [0.29, 0.717) is 18.2 Å². The van der Waals surface area contributed by atoms with Crippen molar-refractivity contribution < 1.29 is 14.3 Å². The van der Waals surface area contributed by atoms with Gasteiger partial charge in [0.15, 0.2) is 6.10 Å². The summed E-state index contributed by atoms with van der Waals surface area (Å²) >= 11 is 0. The molecule has 1 saturated heterocycles. The number of carbonyl (C=O) groups is 1. The summed E-state index contributed by atoms with van der Waals surface area (Å²) in [4.78, 5) is 12.0. The molecule has 5 heteroatoms. The van der Waals surface area contributed by atoms with Crippen LogP contribution in [0.1, 0.15) is 26.2 Å². The molecule has 0 aromatic heterocycles. The summed E-state index contributed by atoms with van der Waals surface area (Å²) in [5, 5.41) is 6.35. The molecule has 0 spiro atoms. The molecule has 1 amide bonds. The number of piperidine rings is 1. The van der Waals surface area contributed by atoms with Crippen LogP contribution in [0.15, 0.2) is 24.3 Å². The maximum absolute atomic E-state index is 12.0. The van der Waals surface area contributed by atoms with E-state index in [2.05, 4.69) is 10.6 Å². The number of benzene rings is 1. The summed E-state index contributed by atoms with van der Waals surface area (Å²) in [6, 6.07) is 7.23. The molecule has 2 unspecified atom stereocenters. The monoisotopic (exact) mass is 306 g/mol. The van der Waals surface area contributed by atoms with Gasteiger partial charge in [-0.3, -0.25) is 4.79 Å². The summed E-state index contributed by atoms with van der Waals surface area (Å²) < 4.78 is 10.7. The molecule has 5 nitrogen and oxygen atoms in total. The van der Waals surface area contributed by atoms with Gasteiger partial charge in [-0.25, -0.2) is 0 Å². The predicted octanol–water partition coefficient (Wildman–Crippen LogP) is 1.97. The fraction of sp³-hybridized carbons (Fsp3) is 0.588. The van der Waals surface area contributed by atoms with Crippen LogP contribution in [0.4, 0.5) is 0 Å². The molecule has 122 valence electrons. The van der Waals surface area contributed by atoms with Gasteiger partial charge in [0.2, 0.25) is 0 Å². The van der Waals surface area contributed by atoms with Gasteiger partial charge in [-0.05, 0) is 69.5 Å². The van der Waals surface area contributed by atoms with Crippen LogP contribution in [0.3, 0.4) is 0 Å². The summed E-state index contributed by atoms with van der Waals surface area (Å²) in [6.45, 7) is 4.66. The zero-order chi connectivity index (χ0) is 15.8. The summed E-state index contributed by atoms with van der Waals surface area (Å²) in [5.74, 6) is 2.04. The molecule has 2 N–H and O–H groups in total. The van der Waals surface area contributed by atoms with Crippen LogP contribution >= 0.6 is 0 Å². The third-order valence-electron chi connectivity index (χ3n) is 3.99. The molecular weight excluding hydrogens is 280 g/mol. The first-order valence-electron chi connectivity index (χ1n) is 7.98. The van der Waals surface area contributed by atoms with Crippen molar-refractivity contribution in [1.29, 1.82) is 0 Å². The Hall–Kier alpha value is -1.75. The molecular formula is C17H26N2O3. The number of rotatable bonds is 7. The van der Waals surface area contributed by atoms with Gasteiger partial charge in [-0.2, -0.15) is 0 Å². The van der Waals surface area contributed by atoms with E-state index in [4.69, 9.17) is 9.47 Å². The minimum atomic E-state index is -0.502. The van der Waals surface area contributed by atoms with Crippen LogP contribution in [0.25, 0.3) is 0 Å². The lowest BCUT2D eigenvalue weighted by Crippen LogP contribution is -2.38. The molecule has 0 radical (unpaired) electrons. The molecule has 1 aromatic rings. The minimum absolute atomic E-state index is 0.0698. The van der Waals surface area contributed by atoms with Crippen molar-refractivity contribution in [2.45, 2.75) is 32.3 Å². The second kappa shape index (κ2) is 8.63. The average molecular weight is 306 g/mol. The molecule has 1 aliphatic rings. The molecule has 2 atom stereocenters. The molecule has 22 heavy (non-hydrogen) atoms. The fourth-order valence-electron chi connectivity index (χ4n) is 2.63. The maximum Gasteiger partial charge on any atom is 0.260 e. The third-order valence-corrected chi connectivity index (χ3v) is 3.99.